The summed E-state index contributed by atoms with van der Waals surface area (Å²) in [7, 11) is 0. The Morgan fingerprint density at radius 3 is 1.13 bits per heavy atom. The Balaban J connectivity index is 2.31. The van der Waals surface area contributed by atoms with Gasteiger partial charge in [0.25, 0.3) is 0 Å². The predicted octanol–water partition coefficient (Wildman–Crippen LogP) is 3.15. The molecule has 0 N–H and O–H groups in total. The molecule has 0 aliphatic carbocycles. The van der Waals surface area contributed by atoms with Crippen molar-refractivity contribution >= 4 is 23.9 Å². The Bertz CT molecular complexity index is 941. The van der Waals surface area contributed by atoms with E-state index in [2.05, 4.69) is 0 Å². The molecule has 0 spiro atoms. The topological polar surface area (TPSA) is 124 Å². The molecule has 10 nitrogen and oxygen atoms in total. The van der Waals surface area contributed by atoms with Crippen molar-refractivity contribution in [2.75, 3.05) is 13.2 Å². The van der Waals surface area contributed by atoms with E-state index in [0.29, 0.717) is 0 Å². The molecule has 0 radical (unpaired) electrons. The van der Waals surface area contributed by atoms with Gasteiger partial charge < -0.3 is 28.4 Å². The van der Waals surface area contributed by atoms with Crippen LogP contribution in [0.2, 0.25) is 0 Å². The summed E-state index contributed by atoms with van der Waals surface area (Å²) in [6, 6.07) is 18.5. The lowest BCUT2D eigenvalue weighted by molar-refractivity contribution is -0.206. The molecular weight excluding hydrogens is 496 g/mol. The van der Waals surface area contributed by atoms with Crippen LogP contribution in [0.1, 0.15) is 38.8 Å². The van der Waals surface area contributed by atoms with Crippen molar-refractivity contribution in [3.8, 4) is 0 Å². The normalized spacial score (nSPS) is 13.9. The fourth-order valence-corrected chi connectivity index (χ4v) is 3.64. The maximum atomic E-state index is 12.1. The minimum Gasteiger partial charge on any atom is -0.456 e. The maximum absolute atomic E-state index is 12.1. The Hall–Kier alpha value is -3.76. The molecule has 0 amide bonds. The van der Waals surface area contributed by atoms with Gasteiger partial charge in [-0.3, -0.25) is 19.2 Å². The van der Waals surface area contributed by atoms with Crippen molar-refractivity contribution in [3.63, 3.8) is 0 Å². The molecule has 0 aliphatic rings. The number of ether oxygens (including phenoxy) is 6. The summed E-state index contributed by atoms with van der Waals surface area (Å²) < 4.78 is 33.3. The van der Waals surface area contributed by atoms with Crippen LogP contribution in [-0.2, 0) is 60.8 Å². The largest absolute Gasteiger partial charge is 0.456 e. The zero-order chi connectivity index (χ0) is 27.9. The number of rotatable bonds is 15. The fraction of sp³-hybridized carbons (Fsp3) is 0.429. The SMILES string of the molecule is CC(=O)O[C@H]([C@H](OC(C)=O)[C@H](COCc1ccccc1)OC(C)=O)[C@@H](COCc1ccccc1)OC(C)=O. The molecule has 10 heteroatoms. The standard InChI is InChI=1S/C28H34O10/c1-19(29)35-25(17-33-15-23-11-7-5-8-12-23)27(37-21(3)31)28(38-22(4)32)26(36-20(2)30)18-34-16-24-13-9-6-10-14-24/h5-14,25-28H,15-18H2,1-4H3/t25-,26+,27+,28-. The first-order valence-electron chi connectivity index (χ1n) is 12.1. The first kappa shape index (κ1) is 30.5. The third-order valence-corrected chi connectivity index (χ3v) is 5.08. The van der Waals surface area contributed by atoms with E-state index in [4.69, 9.17) is 28.4 Å². The van der Waals surface area contributed by atoms with Gasteiger partial charge in [0.05, 0.1) is 26.4 Å². The van der Waals surface area contributed by atoms with Crippen LogP contribution in [0.15, 0.2) is 60.7 Å². The smallest absolute Gasteiger partial charge is 0.303 e. The lowest BCUT2D eigenvalue weighted by atomic mass is 10.0. The summed E-state index contributed by atoms with van der Waals surface area (Å²) in [4.78, 5) is 48.1. The van der Waals surface area contributed by atoms with Gasteiger partial charge in [-0.1, -0.05) is 60.7 Å². The molecule has 0 unspecified atom stereocenters. The van der Waals surface area contributed by atoms with Crippen molar-refractivity contribution in [1.82, 2.24) is 0 Å². The van der Waals surface area contributed by atoms with Gasteiger partial charge in [0.1, 0.15) is 0 Å². The van der Waals surface area contributed by atoms with Gasteiger partial charge in [0.15, 0.2) is 24.4 Å². The van der Waals surface area contributed by atoms with Crippen LogP contribution in [0.3, 0.4) is 0 Å². The molecule has 0 saturated heterocycles. The second-order valence-corrected chi connectivity index (χ2v) is 8.45. The monoisotopic (exact) mass is 530 g/mol. The molecule has 206 valence electrons. The predicted molar refractivity (Wildman–Crippen MR) is 134 cm³/mol. The van der Waals surface area contributed by atoms with Crippen LogP contribution in [0.25, 0.3) is 0 Å². The van der Waals surface area contributed by atoms with Crippen molar-refractivity contribution in [2.45, 2.75) is 65.3 Å². The minimum atomic E-state index is -1.37. The van der Waals surface area contributed by atoms with Gasteiger partial charge in [-0.15, -0.1) is 0 Å². The number of hydrogen-bond donors (Lipinski definition) is 0. The van der Waals surface area contributed by atoms with Gasteiger partial charge in [-0.05, 0) is 11.1 Å². The van der Waals surface area contributed by atoms with Crippen LogP contribution in [0, 0.1) is 0 Å². The third kappa shape index (κ3) is 11.5. The first-order chi connectivity index (χ1) is 18.2. The molecule has 0 aromatic heterocycles. The van der Waals surface area contributed by atoms with Crippen molar-refractivity contribution in [2.24, 2.45) is 0 Å². The molecule has 0 heterocycles. The summed E-state index contributed by atoms with van der Waals surface area (Å²) in [6.07, 6.45) is -5.14. The van der Waals surface area contributed by atoms with Gasteiger partial charge in [-0.25, -0.2) is 0 Å². The molecule has 38 heavy (non-hydrogen) atoms. The highest BCUT2D eigenvalue weighted by Crippen LogP contribution is 2.21. The molecule has 2 aromatic rings. The minimum absolute atomic E-state index is 0.178. The highest BCUT2D eigenvalue weighted by molar-refractivity contribution is 5.69. The lowest BCUT2D eigenvalue weighted by Crippen LogP contribution is -2.54. The number of carbonyl (C=O) groups excluding carboxylic acids is 4. The molecular formula is C28H34O10. The van der Waals surface area contributed by atoms with E-state index in [9.17, 15) is 19.2 Å². The van der Waals surface area contributed by atoms with E-state index in [1.165, 1.54) is 13.8 Å². The summed E-state index contributed by atoms with van der Waals surface area (Å²) in [5, 5.41) is 0. The van der Waals surface area contributed by atoms with E-state index < -0.39 is 48.3 Å². The third-order valence-electron chi connectivity index (χ3n) is 5.08. The zero-order valence-corrected chi connectivity index (χ0v) is 22.0. The highest BCUT2D eigenvalue weighted by atomic mass is 16.6. The van der Waals surface area contributed by atoms with Crippen LogP contribution in [-0.4, -0.2) is 61.5 Å². The van der Waals surface area contributed by atoms with Gasteiger partial charge in [-0.2, -0.15) is 0 Å². The van der Waals surface area contributed by atoms with Crippen molar-refractivity contribution < 1.29 is 47.6 Å². The second kappa shape index (κ2) is 16.2. The molecule has 4 atom stereocenters. The Labute approximate surface area is 222 Å². The second-order valence-electron chi connectivity index (χ2n) is 8.45. The average Bonchev–Trinajstić information content (AvgIpc) is 2.85. The quantitative estimate of drug-likeness (QED) is 0.251. The molecule has 2 aromatic carbocycles. The van der Waals surface area contributed by atoms with Gasteiger partial charge >= 0.3 is 23.9 Å². The number of esters is 4. The van der Waals surface area contributed by atoms with Gasteiger partial charge in [0.2, 0.25) is 0 Å². The average molecular weight is 531 g/mol. The lowest BCUT2D eigenvalue weighted by Gasteiger charge is -2.35. The molecule has 0 fully saturated rings. The highest BCUT2D eigenvalue weighted by Gasteiger charge is 2.43. The summed E-state index contributed by atoms with van der Waals surface area (Å²) >= 11 is 0. The molecule has 0 saturated carbocycles. The number of carbonyl (C=O) groups is 4. The summed E-state index contributed by atoms with van der Waals surface area (Å²) in [5.41, 5.74) is 1.73. The fourth-order valence-electron chi connectivity index (χ4n) is 3.64. The maximum Gasteiger partial charge on any atom is 0.303 e. The van der Waals surface area contributed by atoms with E-state index in [-0.39, 0.29) is 26.4 Å². The summed E-state index contributed by atoms with van der Waals surface area (Å²) in [5.74, 6) is -2.83. The zero-order valence-electron chi connectivity index (χ0n) is 22.0. The van der Waals surface area contributed by atoms with Gasteiger partial charge in [0, 0.05) is 27.7 Å². The Morgan fingerprint density at radius 2 is 0.842 bits per heavy atom. The summed E-state index contributed by atoms with van der Waals surface area (Å²) in [6.45, 7) is 4.61. The first-order valence-corrected chi connectivity index (χ1v) is 12.1. The van der Waals surface area contributed by atoms with E-state index in [1.54, 1.807) is 0 Å². The van der Waals surface area contributed by atoms with Crippen molar-refractivity contribution in [1.29, 1.82) is 0 Å². The van der Waals surface area contributed by atoms with Crippen LogP contribution < -0.4 is 0 Å². The van der Waals surface area contributed by atoms with Crippen LogP contribution in [0.5, 0.6) is 0 Å². The van der Waals surface area contributed by atoms with Crippen LogP contribution in [0.4, 0.5) is 0 Å². The number of benzene rings is 2. The van der Waals surface area contributed by atoms with Crippen LogP contribution >= 0.6 is 0 Å². The molecule has 0 bridgehead atoms. The van der Waals surface area contributed by atoms with E-state index in [1.807, 2.05) is 60.7 Å². The Morgan fingerprint density at radius 1 is 0.526 bits per heavy atom. The Kier molecular flexibility index (Phi) is 13.0. The van der Waals surface area contributed by atoms with E-state index in [0.717, 1.165) is 25.0 Å². The van der Waals surface area contributed by atoms with E-state index >= 15 is 0 Å². The van der Waals surface area contributed by atoms with Crippen molar-refractivity contribution in [3.05, 3.63) is 71.8 Å². The number of hydrogen-bond acceptors (Lipinski definition) is 10. The molecule has 0 aliphatic heterocycles. The molecule has 2 rings (SSSR count).